The highest BCUT2D eigenvalue weighted by Crippen LogP contribution is 2.31. The SMILES string of the molecule is COc1cc(/C(C)=C\C=O)ccc1OCc1ccccc1. The van der Waals surface area contributed by atoms with Gasteiger partial charge < -0.3 is 9.47 Å². The summed E-state index contributed by atoms with van der Waals surface area (Å²) in [6.07, 6.45) is 2.31. The van der Waals surface area contributed by atoms with Gasteiger partial charge in [0.05, 0.1) is 7.11 Å². The molecule has 2 aromatic rings. The van der Waals surface area contributed by atoms with E-state index in [9.17, 15) is 4.79 Å². The minimum absolute atomic E-state index is 0.486. The fraction of sp³-hybridized carbons (Fsp3) is 0.167. The number of carbonyl (C=O) groups excluding carboxylic acids is 1. The van der Waals surface area contributed by atoms with Gasteiger partial charge in [-0.25, -0.2) is 0 Å². The topological polar surface area (TPSA) is 35.5 Å². The van der Waals surface area contributed by atoms with Crippen LogP contribution in [0.25, 0.3) is 5.57 Å². The van der Waals surface area contributed by atoms with Crippen LogP contribution < -0.4 is 9.47 Å². The molecule has 0 radical (unpaired) electrons. The van der Waals surface area contributed by atoms with Gasteiger partial charge in [0.1, 0.15) is 12.9 Å². The molecule has 0 saturated carbocycles. The van der Waals surface area contributed by atoms with Crippen LogP contribution >= 0.6 is 0 Å². The summed E-state index contributed by atoms with van der Waals surface area (Å²) in [4.78, 5) is 10.5. The molecule has 0 heterocycles. The van der Waals surface area contributed by atoms with Gasteiger partial charge in [-0.3, -0.25) is 4.79 Å². The van der Waals surface area contributed by atoms with Crippen LogP contribution in [0.15, 0.2) is 54.6 Å². The number of benzene rings is 2. The van der Waals surface area contributed by atoms with Crippen LogP contribution in [0.2, 0.25) is 0 Å². The second-order valence-electron chi connectivity index (χ2n) is 4.63. The number of hydrogen-bond acceptors (Lipinski definition) is 3. The van der Waals surface area contributed by atoms with Crippen molar-refractivity contribution in [2.75, 3.05) is 7.11 Å². The van der Waals surface area contributed by atoms with Crippen molar-refractivity contribution in [1.82, 2.24) is 0 Å². The molecule has 3 heteroatoms. The Balaban J connectivity index is 2.16. The zero-order valence-corrected chi connectivity index (χ0v) is 12.2. The fourth-order valence-electron chi connectivity index (χ4n) is 1.97. The minimum atomic E-state index is 0.486. The first-order valence-electron chi connectivity index (χ1n) is 6.72. The van der Waals surface area contributed by atoms with Gasteiger partial charge in [0.2, 0.25) is 0 Å². The molecule has 0 aromatic heterocycles. The molecule has 0 spiro atoms. The standard InChI is InChI=1S/C18H18O3/c1-14(10-11-19)16-8-9-17(18(12-16)20-2)21-13-15-6-4-3-5-7-15/h3-12H,13H2,1-2H3/b14-10-. The van der Waals surface area contributed by atoms with Crippen LogP contribution in [0.1, 0.15) is 18.1 Å². The molecule has 0 unspecified atom stereocenters. The van der Waals surface area contributed by atoms with Crippen molar-refractivity contribution < 1.29 is 14.3 Å². The number of hydrogen-bond donors (Lipinski definition) is 0. The van der Waals surface area contributed by atoms with Crippen molar-refractivity contribution in [3.05, 3.63) is 65.7 Å². The Hall–Kier alpha value is -2.55. The van der Waals surface area contributed by atoms with Crippen molar-refractivity contribution in [3.8, 4) is 11.5 Å². The van der Waals surface area contributed by atoms with Crippen molar-refractivity contribution in [2.45, 2.75) is 13.5 Å². The smallest absolute Gasteiger partial charge is 0.161 e. The van der Waals surface area contributed by atoms with E-state index in [1.165, 1.54) is 6.08 Å². The lowest BCUT2D eigenvalue weighted by Gasteiger charge is -2.12. The zero-order valence-electron chi connectivity index (χ0n) is 12.2. The third-order valence-corrected chi connectivity index (χ3v) is 3.17. The Morgan fingerprint density at radius 2 is 1.86 bits per heavy atom. The number of aldehydes is 1. The lowest BCUT2D eigenvalue weighted by Crippen LogP contribution is -1.98. The van der Waals surface area contributed by atoms with Crippen LogP contribution in [0, 0.1) is 0 Å². The molecule has 0 bridgehead atoms. The maximum absolute atomic E-state index is 10.5. The van der Waals surface area contributed by atoms with Gasteiger partial charge >= 0.3 is 0 Å². The summed E-state index contributed by atoms with van der Waals surface area (Å²) in [5, 5.41) is 0. The number of allylic oxidation sites excluding steroid dienone is 2. The number of rotatable bonds is 6. The molecule has 0 aliphatic rings. The van der Waals surface area contributed by atoms with Crippen molar-refractivity contribution >= 4 is 11.9 Å². The molecule has 0 aliphatic heterocycles. The first-order valence-corrected chi connectivity index (χ1v) is 6.72. The summed E-state index contributed by atoms with van der Waals surface area (Å²) in [5.41, 5.74) is 2.92. The summed E-state index contributed by atoms with van der Waals surface area (Å²) in [7, 11) is 1.60. The number of carbonyl (C=O) groups is 1. The summed E-state index contributed by atoms with van der Waals surface area (Å²) >= 11 is 0. The lowest BCUT2D eigenvalue weighted by molar-refractivity contribution is -0.104. The van der Waals surface area contributed by atoms with Crippen molar-refractivity contribution in [1.29, 1.82) is 0 Å². The van der Waals surface area contributed by atoms with Gasteiger partial charge in [-0.2, -0.15) is 0 Å². The lowest BCUT2D eigenvalue weighted by atomic mass is 10.1. The molecule has 21 heavy (non-hydrogen) atoms. The quantitative estimate of drug-likeness (QED) is 0.596. The largest absolute Gasteiger partial charge is 0.493 e. The molecule has 0 N–H and O–H groups in total. The van der Waals surface area contributed by atoms with E-state index in [4.69, 9.17) is 9.47 Å². The van der Waals surface area contributed by atoms with E-state index >= 15 is 0 Å². The summed E-state index contributed by atoms with van der Waals surface area (Å²) in [6.45, 7) is 2.37. The predicted molar refractivity (Wildman–Crippen MR) is 83.5 cm³/mol. The fourth-order valence-corrected chi connectivity index (χ4v) is 1.97. The van der Waals surface area contributed by atoms with Gasteiger partial charge in [-0.15, -0.1) is 0 Å². The molecule has 108 valence electrons. The minimum Gasteiger partial charge on any atom is -0.493 e. The Morgan fingerprint density at radius 3 is 2.52 bits per heavy atom. The normalized spacial score (nSPS) is 11.0. The molecule has 2 rings (SSSR count). The monoisotopic (exact) mass is 282 g/mol. The van der Waals surface area contributed by atoms with Crippen LogP contribution in [-0.4, -0.2) is 13.4 Å². The van der Waals surface area contributed by atoms with Gasteiger partial charge in [0.25, 0.3) is 0 Å². The maximum atomic E-state index is 10.5. The summed E-state index contributed by atoms with van der Waals surface area (Å²) < 4.78 is 11.2. The third-order valence-electron chi connectivity index (χ3n) is 3.17. The molecule has 0 saturated heterocycles. The Kier molecular flexibility index (Phi) is 5.16. The Morgan fingerprint density at radius 1 is 1.10 bits per heavy atom. The van der Waals surface area contributed by atoms with Gasteiger partial charge in [-0.1, -0.05) is 36.4 Å². The molecular weight excluding hydrogens is 264 g/mol. The maximum Gasteiger partial charge on any atom is 0.161 e. The Bertz CT molecular complexity index is 630. The van der Waals surface area contributed by atoms with E-state index in [0.29, 0.717) is 18.1 Å². The van der Waals surface area contributed by atoms with Crippen LogP contribution in [-0.2, 0) is 11.4 Å². The van der Waals surface area contributed by atoms with E-state index in [-0.39, 0.29) is 0 Å². The van der Waals surface area contributed by atoms with Crippen molar-refractivity contribution in [2.24, 2.45) is 0 Å². The molecular formula is C18H18O3. The van der Waals surface area contributed by atoms with E-state index in [0.717, 1.165) is 23.0 Å². The third kappa shape index (κ3) is 3.96. The predicted octanol–water partition coefficient (Wildman–Crippen LogP) is 3.88. The van der Waals surface area contributed by atoms with Crippen molar-refractivity contribution in [3.63, 3.8) is 0 Å². The zero-order chi connectivity index (χ0) is 15.1. The highest BCUT2D eigenvalue weighted by atomic mass is 16.5. The number of methoxy groups -OCH3 is 1. The van der Waals surface area contributed by atoms with E-state index in [1.807, 2.05) is 55.5 Å². The molecule has 3 nitrogen and oxygen atoms in total. The second kappa shape index (κ2) is 7.29. The van der Waals surface area contributed by atoms with E-state index < -0.39 is 0 Å². The van der Waals surface area contributed by atoms with Gasteiger partial charge in [0.15, 0.2) is 11.5 Å². The first kappa shape index (κ1) is 14.9. The molecule has 0 fully saturated rings. The van der Waals surface area contributed by atoms with Gasteiger partial charge in [-0.05, 0) is 41.8 Å². The molecule has 0 atom stereocenters. The first-order chi connectivity index (χ1) is 10.2. The highest BCUT2D eigenvalue weighted by molar-refractivity contribution is 5.81. The van der Waals surface area contributed by atoms with E-state index in [1.54, 1.807) is 7.11 Å². The Labute approximate surface area is 124 Å². The average molecular weight is 282 g/mol. The molecule has 0 aliphatic carbocycles. The van der Waals surface area contributed by atoms with Crippen LogP contribution in [0.4, 0.5) is 0 Å². The van der Waals surface area contributed by atoms with Crippen LogP contribution in [0.5, 0.6) is 11.5 Å². The molecule has 0 amide bonds. The van der Waals surface area contributed by atoms with Gasteiger partial charge in [0, 0.05) is 0 Å². The highest BCUT2D eigenvalue weighted by Gasteiger charge is 2.07. The molecule has 2 aromatic carbocycles. The van der Waals surface area contributed by atoms with Crippen LogP contribution in [0.3, 0.4) is 0 Å². The van der Waals surface area contributed by atoms with E-state index in [2.05, 4.69) is 0 Å². The summed E-state index contributed by atoms with van der Waals surface area (Å²) in [6, 6.07) is 15.6. The number of ether oxygens (including phenoxy) is 2. The summed E-state index contributed by atoms with van der Waals surface area (Å²) in [5.74, 6) is 1.34. The second-order valence-corrected chi connectivity index (χ2v) is 4.63. The average Bonchev–Trinajstić information content (AvgIpc) is 2.54.